The Bertz CT molecular complexity index is 796. The van der Waals surface area contributed by atoms with Gasteiger partial charge in [-0.15, -0.1) is 11.8 Å². The number of benzene rings is 2. The summed E-state index contributed by atoms with van der Waals surface area (Å²) >= 11 is 5.02. The Kier molecular flexibility index (Phi) is 5.41. The van der Waals surface area contributed by atoms with Crippen LogP contribution in [-0.2, 0) is 4.79 Å². The van der Waals surface area contributed by atoms with Gasteiger partial charge in [0.2, 0.25) is 5.91 Å². The molecule has 0 bridgehead atoms. The third-order valence-electron chi connectivity index (χ3n) is 4.70. The number of carbonyl (C=O) groups is 1. The monoisotopic (exact) mass is 433 g/mol. The third-order valence-corrected chi connectivity index (χ3v) is 6.23. The molecule has 1 amide bonds. The van der Waals surface area contributed by atoms with Crippen molar-refractivity contribution in [2.75, 3.05) is 25.5 Å². The molecule has 136 valence electrons. The Hall–Kier alpha value is -1.66. The van der Waals surface area contributed by atoms with Gasteiger partial charge in [-0.2, -0.15) is 0 Å². The highest BCUT2D eigenvalue weighted by Crippen LogP contribution is 2.38. The topological polar surface area (TPSA) is 38.8 Å². The predicted octanol–water partition coefficient (Wildman–Crippen LogP) is 4.68. The van der Waals surface area contributed by atoms with Gasteiger partial charge in [-0.3, -0.25) is 4.79 Å². The summed E-state index contributed by atoms with van der Waals surface area (Å²) in [5.41, 5.74) is 1.13. The molecular weight excluding hydrogens is 414 g/mol. The van der Waals surface area contributed by atoms with Gasteiger partial charge in [0, 0.05) is 15.9 Å². The number of carbonyl (C=O) groups excluding carboxylic acids is 1. The van der Waals surface area contributed by atoms with E-state index in [-0.39, 0.29) is 11.9 Å². The first kappa shape index (κ1) is 17.7. The van der Waals surface area contributed by atoms with Crippen LogP contribution in [0.1, 0.15) is 24.4 Å². The normalized spacial score (nSPS) is 18.8. The zero-order valence-electron chi connectivity index (χ0n) is 14.3. The largest absolute Gasteiger partial charge is 0.486 e. The van der Waals surface area contributed by atoms with Crippen LogP contribution >= 0.6 is 27.7 Å². The van der Waals surface area contributed by atoms with E-state index in [4.69, 9.17) is 9.47 Å². The molecule has 26 heavy (non-hydrogen) atoms. The van der Waals surface area contributed by atoms with Crippen LogP contribution in [0.25, 0.3) is 0 Å². The maximum atomic E-state index is 12.8. The maximum Gasteiger partial charge on any atom is 0.233 e. The van der Waals surface area contributed by atoms with Crippen molar-refractivity contribution >= 4 is 33.6 Å². The minimum atomic E-state index is 0.129. The van der Waals surface area contributed by atoms with E-state index in [0.29, 0.717) is 19.0 Å². The van der Waals surface area contributed by atoms with Gasteiger partial charge in [0.05, 0.1) is 11.8 Å². The molecule has 2 aromatic carbocycles. The lowest BCUT2D eigenvalue weighted by Gasteiger charge is -2.26. The van der Waals surface area contributed by atoms with Crippen LogP contribution in [0, 0.1) is 0 Å². The van der Waals surface area contributed by atoms with E-state index < -0.39 is 0 Å². The van der Waals surface area contributed by atoms with E-state index in [0.717, 1.165) is 45.8 Å². The average Bonchev–Trinajstić information content (AvgIpc) is 3.17. The number of rotatable bonds is 4. The van der Waals surface area contributed by atoms with Crippen LogP contribution in [0.4, 0.5) is 0 Å². The third kappa shape index (κ3) is 3.86. The average molecular weight is 434 g/mol. The number of thioether (sulfide) groups is 1. The first-order chi connectivity index (χ1) is 12.7. The van der Waals surface area contributed by atoms with Crippen molar-refractivity contribution in [3.8, 4) is 11.5 Å². The molecule has 4 rings (SSSR count). The first-order valence-corrected chi connectivity index (χ1v) is 10.6. The summed E-state index contributed by atoms with van der Waals surface area (Å²) in [4.78, 5) is 15.9. The number of fused-ring (bicyclic) bond motifs is 1. The van der Waals surface area contributed by atoms with Gasteiger partial charge in [-0.05, 0) is 54.8 Å². The van der Waals surface area contributed by atoms with Crippen molar-refractivity contribution in [2.24, 2.45) is 0 Å². The van der Waals surface area contributed by atoms with Crippen LogP contribution in [0.2, 0.25) is 0 Å². The van der Waals surface area contributed by atoms with Gasteiger partial charge in [-0.1, -0.05) is 22.0 Å². The molecule has 0 N–H and O–H groups in total. The van der Waals surface area contributed by atoms with E-state index >= 15 is 0 Å². The molecule has 1 fully saturated rings. The van der Waals surface area contributed by atoms with Crippen molar-refractivity contribution in [1.29, 1.82) is 0 Å². The van der Waals surface area contributed by atoms with Crippen molar-refractivity contribution in [3.63, 3.8) is 0 Å². The molecule has 1 saturated heterocycles. The summed E-state index contributed by atoms with van der Waals surface area (Å²) < 4.78 is 12.3. The highest BCUT2D eigenvalue weighted by Gasteiger charge is 2.30. The standard InChI is InChI=1S/C20H20BrNO3S/c21-15-4-6-16(7-5-15)26-13-20(23)22-9-1-2-17(22)14-3-8-18-19(12-14)25-11-10-24-18/h3-8,12,17H,1-2,9-11,13H2. The van der Waals surface area contributed by atoms with E-state index in [2.05, 4.69) is 22.0 Å². The Morgan fingerprint density at radius 1 is 1.12 bits per heavy atom. The molecule has 4 nitrogen and oxygen atoms in total. The van der Waals surface area contributed by atoms with Crippen LogP contribution in [0.15, 0.2) is 51.8 Å². The fourth-order valence-electron chi connectivity index (χ4n) is 3.44. The molecule has 2 aliphatic rings. The van der Waals surface area contributed by atoms with Crippen molar-refractivity contribution < 1.29 is 14.3 Å². The van der Waals surface area contributed by atoms with Gasteiger partial charge in [0.1, 0.15) is 13.2 Å². The van der Waals surface area contributed by atoms with E-state index in [1.54, 1.807) is 11.8 Å². The highest BCUT2D eigenvalue weighted by atomic mass is 79.9. The van der Waals surface area contributed by atoms with E-state index in [9.17, 15) is 4.79 Å². The summed E-state index contributed by atoms with van der Waals surface area (Å²) in [6.45, 7) is 1.99. The lowest BCUT2D eigenvalue weighted by Crippen LogP contribution is -2.32. The molecule has 0 spiro atoms. The Balaban J connectivity index is 1.44. The van der Waals surface area contributed by atoms with Gasteiger partial charge >= 0.3 is 0 Å². The van der Waals surface area contributed by atoms with E-state index in [1.165, 1.54) is 0 Å². The number of nitrogens with zero attached hydrogens (tertiary/aromatic N) is 1. The molecule has 0 saturated carbocycles. The van der Waals surface area contributed by atoms with E-state index in [1.807, 2.05) is 41.3 Å². The smallest absolute Gasteiger partial charge is 0.233 e. The zero-order chi connectivity index (χ0) is 17.9. The highest BCUT2D eigenvalue weighted by molar-refractivity contribution is 9.10. The molecule has 0 radical (unpaired) electrons. The summed E-state index contributed by atoms with van der Waals surface area (Å²) in [6.07, 6.45) is 2.03. The Morgan fingerprint density at radius 3 is 2.69 bits per heavy atom. The lowest BCUT2D eigenvalue weighted by atomic mass is 10.0. The van der Waals surface area contributed by atoms with Crippen molar-refractivity contribution in [2.45, 2.75) is 23.8 Å². The minimum absolute atomic E-state index is 0.129. The Labute approximate surface area is 166 Å². The number of amides is 1. The second kappa shape index (κ2) is 7.92. The molecule has 0 aromatic heterocycles. The van der Waals surface area contributed by atoms with Crippen LogP contribution in [-0.4, -0.2) is 36.3 Å². The molecule has 2 aliphatic heterocycles. The number of hydrogen-bond donors (Lipinski definition) is 0. The second-order valence-corrected chi connectivity index (χ2v) is 8.36. The summed E-state index contributed by atoms with van der Waals surface area (Å²) in [5.74, 6) is 2.23. The Morgan fingerprint density at radius 2 is 1.88 bits per heavy atom. The number of hydrogen-bond acceptors (Lipinski definition) is 4. The fraction of sp³-hybridized carbons (Fsp3) is 0.350. The molecular formula is C20H20BrNO3S. The van der Waals surface area contributed by atoms with Gasteiger partial charge in [0.25, 0.3) is 0 Å². The number of ether oxygens (including phenoxy) is 2. The molecule has 2 aromatic rings. The number of halogens is 1. The fourth-order valence-corrected chi connectivity index (χ4v) is 4.49. The molecule has 6 heteroatoms. The molecule has 1 unspecified atom stereocenters. The number of likely N-dealkylation sites (tertiary alicyclic amines) is 1. The molecule has 2 heterocycles. The summed E-state index contributed by atoms with van der Waals surface area (Å²) in [6, 6.07) is 14.2. The lowest BCUT2D eigenvalue weighted by molar-refractivity contribution is -0.129. The van der Waals surface area contributed by atoms with Crippen LogP contribution in [0.3, 0.4) is 0 Å². The maximum absolute atomic E-state index is 12.8. The predicted molar refractivity (Wildman–Crippen MR) is 106 cm³/mol. The molecule has 0 aliphatic carbocycles. The van der Waals surface area contributed by atoms with Crippen LogP contribution in [0.5, 0.6) is 11.5 Å². The zero-order valence-corrected chi connectivity index (χ0v) is 16.7. The van der Waals surface area contributed by atoms with Gasteiger partial charge < -0.3 is 14.4 Å². The minimum Gasteiger partial charge on any atom is -0.486 e. The quantitative estimate of drug-likeness (QED) is 0.656. The SMILES string of the molecule is O=C(CSc1ccc(Br)cc1)N1CCCC1c1ccc2c(c1)OCCO2. The van der Waals surface area contributed by atoms with Gasteiger partial charge in [-0.25, -0.2) is 0 Å². The second-order valence-electron chi connectivity index (χ2n) is 6.39. The first-order valence-electron chi connectivity index (χ1n) is 8.78. The van der Waals surface area contributed by atoms with Gasteiger partial charge in [0.15, 0.2) is 11.5 Å². The van der Waals surface area contributed by atoms with Crippen LogP contribution < -0.4 is 9.47 Å². The van der Waals surface area contributed by atoms with Crippen molar-refractivity contribution in [1.82, 2.24) is 4.90 Å². The summed E-state index contributed by atoms with van der Waals surface area (Å²) in [5, 5.41) is 0. The van der Waals surface area contributed by atoms with Crippen molar-refractivity contribution in [3.05, 3.63) is 52.5 Å². The summed E-state index contributed by atoms with van der Waals surface area (Å²) in [7, 11) is 0. The molecule has 1 atom stereocenters.